The molecule has 108 valence electrons. The van der Waals surface area contributed by atoms with E-state index in [9.17, 15) is 4.79 Å². The van der Waals surface area contributed by atoms with Crippen LogP contribution < -0.4 is 0 Å². The minimum atomic E-state index is 0.345. The van der Waals surface area contributed by atoms with E-state index >= 15 is 0 Å². The SMILES string of the molecule is CCCCCCCCC(C=O)CCCCCCC. The van der Waals surface area contributed by atoms with Gasteiger partial charge in [0.1, 0.15) is 6.29 Å². The van der Waals surface area contributed by atoms with Crippen molar-refractivity contribution in [3.05, 3.63) is 0 Å². The van der Waals surface area contributed by atoms with Crippen LogP contribution in [0.25, 0.3) is 0 Å². The molecular weight excluding hydrogens is 220 g/mol. The lowest BCUT2D eigenvalue weighted by molar-refractivity contribution is -0.111. The fraction of sp³-hybridized carbons (Fsp3) is 0.941. The molecule has 0 N–H and O–H groups in total. The molecular formula is C17H34O. The highest BCUT2D eigenvalue weighted by Crippen LogP contribution is 2.17. The van der Waals surface area contributed by atoms with E-state index in [1.54, 1.807) is 0 Å². The van der Waals surface area contributed by atoms with E-state index in [-0.39, 0.29) is 0 Å². The van der Waals surface area contributed by atoms with Crippen LogP contribution >= 0.6 is 0 Å². The molecule has 1 unspecified atom stereocenters. The molecule has 1 nitrogen and oxygen atoms in total. The summed E-state index contributed by atoms with van der Waals surface area (Å²) in [7, 11) is 0. The first-order valence-corrected chi connectivity index (χ1v) is 8.30. The maximum absolute atomic E-state index is 11.0. The number of rotatable bonds is 14. The second kappa shape index (κ2) is 14.7. The Morgan fingerprint density at radius 2 is 1.06 bits per heavy atom. The minimum absolute atomic E-state index is 0.345. The van der Waals surface area contributed by atoms with Gasteiger partial charge in [0.15, 0.2) is 0 Å². The number of carbonyl (C=O) groups is 1. The van der Waals surface area contributed by atoms with E-state index in [0.717, 1.165) is 12.8 Å². The summed E-state index contributed by atoms with van der Waals surface area (Å²) >= 11 is 0. The Labute approximate surface area is 115 Å². The number of aldehydes is 1. The van der Waals surface area contributed by atoms with Crippen LogP contribution in [0, 0.1) is 5.92 Å². The minimum Gasteiger partial charge on any atom is -0.303 e. The highest BCUT2D eigenvalue weighted by atomic mass is 16.1. The number of carbonyl (C=O) groups excluding carboxylic acids is 1. The highest BCUT2D eigenvalue weighted by Gasteiger charge is 2.06. The third kappa shape index (κ3) is 12.1. The largest absolute Gasteiger partial charge is 0.303 e. The second-order valence-electron chi connectivity index (χ2n) is 5.66. The fourth-order valence-corrected chi connectivity index (χ4v) is 2.48. The van der Waals surface area contributed by atoms with Crippen LogP contribution in [-0.4, -0.2) is 6.29 Å². The summed E-state index contributed by atoms with van der Waals surface area (Å²) in [5.74, 6) is 0.345. The molecule has 0 bridgehead atoms. The van der Waals surface area contributed by atoms with Crippen LogP contribution in [-0.2, 0) is 4.79 Å². The zero-order valence-corrected chi connectivity index (χ0v) is 12.8. The Kier molecular flexibility index (Phi) is 14.5. The van der Waals surface area contributed by atoms with E-state index in [4.69, 9.17) is 0 Å². The predicted molar refractivity (Wildman–Crippen MR) is 80.9 cm³/mol. The highest BCUT2D eigenvalue weighted by molar-refractivity contribution is 5.53. The molecule has 0 aliphatic rings. The number of unbranched alkanes of at least 4 members (excludes halogenated alkanes) is 9. The molecule has 0 saturated carbocycles. The van der Waals surface area contributed by atoms with Gasteiger partial charge in [0.25, 0.3) is 0 Å². The molecule has 0 rings (SSSR count). The van der Waals surface area contributed by atoms with Crippen molar-refractivity contribution in [3.8, 4) is 0 Å². The van der Waals surface area contributed by atoms with Crippen LogP contribution in [0.2, 0.25) is 0 Å². The predicted octanol–water partition coefficient (Wildman–Crippen LogP) is 5.91. The van der Waals surface area contributed by atoms with Crippen molar-refractivity contribution in [2.24, 2.45) is 5.92 Å². The van der Waals surface area contributed by atoms with Gasteiger partial charge in [0, 0.05) is 5.92 Å². The molecule has 0 aromatic carbocycles. The molecule has 0 spiro atoms. The number of hydrogen-bond donors (Lipinski definition) is 0. The van der Waals surface area contributed by atoms with Gasteiger partial charge >= 0.3 is 0 Å². The van der Waals surface area contributed by atoms with Gasteiger partial charge in [0.2, 0.25) is 0 Å². The molecule has 18 heavy (non-hydrogen) atoms. The van der Waals surface area contributed by atoms with Gasteiger partial charge < -0.3 is 4.79 Å². The smallest absolute Gasteiger partial charge is 0.123 e. The second-order valence-corrected chi connectivity index (χ2v) is 5.66. The van der Waals surface area contributed by atoms with Crippen molar-refractivity contribution < 1.29 is 4.79 Å². The molecule has 1 atom stereocenters. The van der Waals surface area contributed by atoms with Crippen molar-refractivity contribution >= 4 is 6.29 Å². The monoisotopic (exact) mass is 254 g/mol. The van der Waals surface area contributed by atoms with E-state index in [1.165, 1.54) is 76.9 Å². The van der Waals surface area contributed by atoms with E-state index in [0.29, 0.717) is 5.92 Å². The number of hydrogen-bond acceptors (Lipinski definition) is 1. The first-order valence-electron chi connectivity index (χ1n) is 8.30. The van der Waals surface area contributed by atoms with Crippen LogP contribution in [0.4, 0.5) is 0 Å². The molecule has 1 heteroatoms. The van der Waals surface area contributed by atoms with Crippen molar-refractivity contribution in [3.63, 3.8) is 0 Å². The lowest BCUT2D eigenvalue weighted by Gasteiger charge is -2.09. The van der Waals surface area contributed by atoms with E-state index in [1.807, 2.05) is 0 Å². The molecule has 0 saturated heterocycles. The zero-order chi connectivity index (χ0) is 13.5. The van der Waals surface area contributed by atoms with Gasteiger partial charge in [-0.1, -0.05) is 84.5 Å². The maximum atomic E-state index is 11.0. The average Bonchev–Trinajstić information content (AvgIpc) is 2.40. The molecule has 0 radical (unpaired) electrons. The normalized spacial score (nSPS) is 12.6. The lowest BCUT2D eigenvalue weighted by atomic mass is 9.95. The van der Waals surface area contributed by atoms with Crippen molar-refractivity contribution in [2.45, 2.75) is 97.3 Å². The molecule has 0 fully saturated rings. The van der Waals surface area contributed by atoms with Gasteiger partial charge in [-0.25, -0.2) is 0 Å². The average molecular weight is 254 g/mol. The quantitative estimate of drug-likeness (QED) is 0.278. The molecule has 0 aromatic rings. The Bertz CT molecular complexity index is 165. The summed E-state index contributed by atoms with van der Waals surface area (Å²) in [4.78, 5) is 11.0. The first kappa shape index (κ1) is 17.7. The Hall–Kier alpha value is -0.330. The third-order valence-electron chi connectivity index (χ3n) is 3.80. The summed E-state index contributed by atoms with van der Waals surface area (Å²) < 4.78 is 0. The van der Waals surface area contributed by atoms with Crippen molar-refractivity contribution in [2.75, 3.05) is 0 Å². The van der Waals surface area contributed by atoms with Crippen molar-refractivity contribution in [1.82, 2.24) is 0 Å². The summed E-state index contributed by atoms with van der Waals surface area (Å²) in [5.41, 5.74) is 0. The Balaban J connectivity index is 3.32. The summed E-state index contributed by atoms with van der Waals surface area (Å²) in [6, 6.07) is 0. The van der Waals surface area contributed by atoms with Gasteiger partial charge in [-0.15, -0.1) is 0 Å². The van der Waals surface area contributed by atoms with Gasteiger partial charge in [-0.3, -0.25) is 0 Å². The van der Waals surface area contributed by atoms with Gasteiger partial charge in [-0.05, 0) is 12.8 Å². The first-order chi connectivity index (χ1) is 8.85. The molecule has 0 aliphatic carbocycles. The van der Waals surface area contributed by atoms with Crippen LogP contribution in [0.5, 0.6) is 0 Å². The third-order valence-corrected chi connectivity index (χ3v) is 3.80. The summed E-state index contributed by atoms with van der Waals surface area (Å²) in [5, 5.41) is 0. The summed E-state index contributed by atoms with van der Waals surface area (Å²) in [6.07, 6.45) is 18.0. The van der Waals surface area contributed by atoms with Crippen molar-refractivity contribution in [1.29, 1.82) is 0 Å². The Morgan fingerprint density at radius 3 is 1.44 bits per heavy atom. The van der Waals surface area contributed by atoms with Crippen LogP contribution in [0.1, 0.15) is 97.3 Å². The molecule has 0 amide bonds. The summed E-state index contributed by atoms with van der Waals surface area (Å²) in [6.45, 7) is 4.49. The molecule has 0 aromatic heterocycles. The van der Waals surface area contributed by atoms with Gasteiger partial charge in [0.05, 0.1) is 0 Å². The van der Waals surface area contributed by atoms with Gasteiger partial charge in [-0.2, -0.15) is 0 Å². The maximum Gasteiger partial charge on any atom is 0.123 e. The molecule has 0 heterocycles. The van der Waals surface area contributed by atoms with Crippen LogP contribution in [0.3, 0.4) is 0 Å². The van der Waals surface area contributed by atoms with E-state index < -0.39 is 0 Å². The zero-order valence-electron chi connectivity index (χ0n) is 12.8. The standard InChI is InChI=1S/C17H34O/c1-3-5-7-9-11-13-15-17(16-18)14-12-10-8-6-4-2/h16-17H,3-15H2,1-2H3. The topological polar surface area (TPSA) is 17.1 Å². The van der Waals surface area contributed by atoms with Crippen LogP contribution in [0.15, 0.2) is 0 Å². The Morgan fingerprint density at radius 1 is 0.667 bits per heavy atom. The van der Waals surface area contributed by atoms with E-state index in [2.05, 4.69) is 13.8 Å². The lowest BCUT2D eigenvalue weighted by Crippen LogP contribution is -2.02. The molecule has 0 aliphatic heterocycles. The fourth-order valence-electron chi connectivity index (χ4n) is 2.48.